The highest BCUT2D eigenvalue weighted by molar-refractivity contribution is 6.30. The number of benzene rings is 2. The molecular weight excluding hydrogens is 368 g/mol. The molecule has 6 nitrogen and oxygen atoms in total. The third kappa shape index (κ3) is 5.62. The molecule has 3 aromatic rings. The number of para-hydroxylation sites is 1. The lowest BCUT2D eigenvalue weighted by Crippen LogP contribution is -2.32. The van der Waals surface area contributed by atoms with Gasteiger partial charge in [0.05, 0.1) is 6.54 Å². The number of amides is 2. The summed E-state index contributed by atoms with van der Waals surface area (Å²) < 4.78 is 11.0. The highest BCUT2D eigenvalue weighted by atomic mass is 35.5. The molecule has 0 bridgehead atoms. The van der Waals surface area contributed by atoms with Gasteiger partial charge in [0.15, 0.2) is 5.76 Å². The minimum Gasteiger partial charge on any atom is -0.486 e. The average Bonchev–Trinajstić information content (AvgIpc) is 3.14. The van der Waals surface area contributed by atoms with Gasteiger partial charge in [0, 0.05) is 10.7 Å². The zero-order valence-electron chi connectivity index (χ0n) is 14.3. The zero-order valence-corrected chi connectivity index (χ0v) is 15.0. The second-order valence-electron chi connectivity index (χ2n) is 5.61. The molecule has 27 heavy (non-hydrogen) atoms. The number of nitrogens with one attached hydrogen (secondary N) is 2. The van der Waals surface area contributed by atoms with Crippen molar-refractivity contribution in [2.45, 2.75) is 6.61 Å². The molecule has 0 saturated heterocycles. The van der Waals surface area contributed by atoms with Gasteiger partial charge in [0.1, 0.15) is 18.1 Å². The van der Waals surface area contributed by atoms with Crippen molar-refractivity contribution in [2.24, 2.45) is 0 Å². The average molecular weight is 385 g/mol. The number of ether oxygens (including phenoxy) is 1. The number of rotatable bonds is 7. The molecule has 2 N–H and O–H groups in total. The van der Waals surface area contributed by atoms with E-state index in [2.05, 4.69) is 10.6 Å². The van der Waals surface area contributed by atoms with Gasteiger partial charge in [-0.15, -0.1) is 0 Å². The van der Waals surface area contributed by atoms with E-state index in [1.807, 2.05) is 30.3 Å². The van der Waals surface area contributed by atoms with E-state index in [4.69, 9.17) is 20.8 Å². The summed E-state index contributed by atoms with van der Waals surface area (Å²) in [6.07, 6.45) is 0. The molecule has 0 saturated carbocycles. The first-order valence-electron chi connectivity index (χ1n) is 8.20. The van der Waals surface area contributed by atoms with Crippen LogP contribution in [-0.4, -0.2) is 18.4 Å². The number of hydrogen-bond acceptors (Lipinski definition) is 4. The highest BCUT2D eigenvalue weighted by Gasteiger charge is 2.13. The van der Waals surface area contributed by atoms with Crippen molar-refractivity contribution >= 4 is 29.1 Å². The molecule has 2 aromatic carbocycles. The van der Waals surface area contributed by atoms with Gasteiger partial charge in [-0.2, -0.15) is 0 Å². The molecule has 0 fully saturated rings. The zero-order chi connectivity index (χ0) is 19.1. The number of hydrogen-bond donors (Lipinski definition) is 2. The van der Waals surface area contributed by atoms with E-state index in [-0.39, 0.29) is 24.8 Å². The van der Waals surface area contributed by atoms with Gasteiger partial charge < -0.3 is 19.8 Å². The van der Waals surface area contributed by atoms with E-state index in [1.165, 1.54) is 6.07 Å². The summed E-state index contributed by atoms with van der Waals surface area (Å²) in [5.41, 5.74) is 0.556. The summed E-state index contributed by atoms with van der Waals surface area (Å²) >= 11 is 5.86. The lowest BCUT2D eigenvalue weighted by molar-refractivity contribution is -0.115. The Bertz CT molecular complexity index is 924. The van der Waals surface area contributed by atoms with Gasteiger partial charge in [0.2, 0.25) is 5.91 Å². The summed E-state index contributed by atoms with van der Waals surface area (Å²) in [5, 5.41) is 5.66. The van der Waals surface area contributed by atoms with E-state index in [0.717, 1.165) is 0 Å². The molecule has 1 heterocycles. The number of anilines is 1. The molecule has 3 rings (SSSR count). The van der Waals surface area contributed by atoms with Crippen LogP contribution in [0.2, 0.25) is 5.02 Å². The minimum absolute atomic E-state index is 0.109. The SMILES string of the molecule is O=C(CNC(=O)c1ccc(COc2ccccc2)o1)Nc1cccc(Cl)c1. The summed E-state index contributed by atoms with van der Waals surface area (Å²) in [6, 6.07) is 19.2. The fraction of sp³-hybridized carbons (Fsp3) is 0.100. The van der Waals surface area contributed by atoms with Gasteiger partial charge in [0.25, 0.3) is 5.91 Å². The molecular formula is C20H17ClN2O4. The third-order valence-corrected chi connectivity index (χ3v) is 3.76. The Kier molecular flexibility index (Phi) is 6.12. The molecule has 2 amide bonds. The standard InChI is InChI=1S/C20H17ClN2O4/c21-14-5-4-6-15(11-14)23-19(24)12-22-20(25)18-10-9-17(27-18)13-26-16-7-2-1-3-8-16/h1-11H,12-13H2,(H,22,25)(H,23,24). The predicted molar refractivity (Wildman–Crippen MR) is 102 cm³/mol. The fourth-order valence-corrected chi connectivity index (χ4v) is 2.46. The summed E-state index contributed by atoms with van der Waals surface area (Å²) in [6.45, 7) is 0.00837. The van der Waals surface area contributed by atoms with E-state index < -0.39 is 5.91 Å². The van der Waals surface area contributed by atoms with Crippen LogP contribution in [0.3, 0.4) is 0 Å². The molecule has 0 atom stereocenters. The lowest BCUT2D eigenvalue weighted by atomic mass is 10.3. The van der Waals surface area contributed by atoms with Gasteiger partial charge in [-0.25, -0.2) is 0 Å². The van der Waals surface area contributed by atoms with Crippen molar-refractivity contribution in [3.05, 3.63) is 83.3 Å². The van der Waals surface area contributed by atoms with Gasteiger partial charge in [-0.05, 0) is 42.5 Å². The Hall–Kier alpha value is -3.25. The van der Waals surface area contributed by atoms with E-state index in [1.54, 1.807) is 30.3 Å². The molecule has 0 aliphatic heterocycles. The Labute approximate surface area is 161 Å². The van der Waals surface area contributed by atoms with Crippen LogP contribution in [0.4, 0.5) is 5.69 Å². The van der Waals surface area contributed by atoms with Crippen LogP contribution in [0.25, 0.3) is 0 Å². The second-order valence-corrected chi connectivity index (χ2v) is 6.05. The largest absolute Gasteiger partial charge is 0.486 e. The van der Waals surface area contributed by atoms with Crippen molar-refractivity contribution < 1.29 is 18.7 Å². The normalized spacial score (nSPS) is 10.3. The first kappa shape index (κ1) is 18.5. The van der Waals surface area contributed by atoms with E-state index >= 15 is 0 Å². The van der Waals surface area contributed by atoms with Crippen molar-refractivity contribution in [2.75, 3.05) is 11.9 Å². The molecule has 1 aromatic heterocycles. The smallest absolute Gasteiger partial charge is 0.287 e. The number of halogens is 1. The number of carbonyl (C=O) groups excluding carboxylic acids is 2. The van der Waals surface area contributed by atoms with Gasteiger partial charge >= 0.3 is 0 Å². The van der Waals surface area contributed by atoms with E-state index in [9.17, 15) is 9.59 Å². The number of carbonyl (C=O) groups is 2. The topological polar surface area (TPSA) is 80.6 Å². The monoisotopic (exact) mass is 384 g/mol. The quantitative estimate of drug-likeness (QED) is 0.647. The van der Waals surface area contributed by atoms with Crippen LogP contribution in [0, 0.1) is 0 Å². The summed E-state index contributed by atoms with van der Waals surface area (Å²) in [4.78, 5) is 24.0. The maximum Gasteiger partial charge on any atom is 0.287 e. The van der Waals surface area contributed by atoms with Gasteiger partial charge in [-0.3, -0.25) is 9.59 Å². The Morgan fingerprint density at radius 3 is 2.59 bits per heavy atom. The van der Waals surface area contributed by atoms with Crippen molar-refractivity contribution in [1.29, 1.82) is 0 Å². The van der Waals surface area contributed by atoms with Crippen molar-refractivity contribution in [3.8, 4) is 5.75 Å². The van der Waals surface area contributed by atoms with Crippen LogP contribution in [0.15, 0.2) is 71.1 Å². The maximum atomic E-state index is 12.1. The Morgan fingerprint density at radius 2 is 1.81 bits per heavy atom. The molecule has 7 heteroatoms. The molecule has 0 aliphatic carbocycles. The maximum absolute atomic E-state index is 12.1. The van der Waals surface area contributed by atoms with Crippen LogP contribution in [0.1, 0.15) is 16.3 Å². The second kappa shape index (κ2) is 8.91. The third-order valence-electron chi connectivity index (χ3n) is 3.53. The molecule has 138 valence electrons. The molecule has 0 radical (unpaired) electrons. The van der Waals surface area contributed by atoms with Crippen LogP contribution in [-0.2, 0) is 11.4 Å². The lowest BCUT2D eigenvalue weighted by Gasteiger charge is -2.06. The molecule has 0 aliphatic rings. The fourth-order valence-electron chi connectivity index (χ4n) is 2.27. The van der Waals surface area contributed by atoms with Crippen molar-refractivity contribution in [1.82, 2.24) is 5.32 Å². The van der Waals surface area contributed by atoms with Crippen LogP contribution in [0.5, 0.6) is 5.75 Å². The molecule has 0 unspecified atom stereocenters. The van der Waals surface area contributed by atoms with Crippen molar-refractivity contribution in [3.63, 3.8) is 0 Å². The Balaban J connectivity index is 1.47. The number of furan rings is 1. The summed E-state index contributed by atoms with van der Waals surface area (Å²) in [7, 11) is 0. The van der Waals surface area contributed by atoms with E-state index in [0.29, 0.717) is 22.2 Å². The minimum atomic E-state index is -0.484. The van der Waals surface area contributed by atoms with Gasteiger partial charge in [-0.1, -0.05) is 35.9 Å². The first-order valence-corrected chi connectivity index (χ1v) is 8.58. The highest BCUT2D eigenvalue weighted by Crippen LogP contribution is 2.15. The predicted octanol–water partition coefficient (Wildman–Crippen LogP) is 3.88. The van der Waals surface area contributed by atoms with Crippen LogP contribution < -0.4 is 15.4 Å². The molecule has 0 spiro atoms. The Morgan fingerprint density at radius 1 is 1.00 bits per heavy atom. The first-order chi connectivity index (χ1) is 13.1. The summed E-state index contributed by atoms with van der Waals surface area (Å²) in [5.74, 6) is 0.467. The van der Waals surface area contributed by atoms with Crippen LogP contribution >= 0.6 is 11.6 Å².